The summed E-state index contributed by atoms with van der Waals surface area (Å²) in [7, 11) is 2.07. The standard InChI is InChI=1S/C30H28N4O2/c1-17-11-14-26(31-16-17)33-30(36)27-18(2)32-22-8-6-10-25(35)29(22)28(27)19-12-13-24-21(15-19)20-7-4-5-9-23(20)34(24)3/h4-5,7,9,11-16,28,32H,6,8,10H2,1-3H3,(H,31,33,36)/t28-/m0/s1. The van der Waals surface area contributed by atoms with Gasteiger partial charge in [0.25, 0.3) is 5.91 Å². The number of nitrogens with one attached hydrogen (secondary N) is 2. The number of nitrogens with zero attached hydrogens (tertiary/aromatic N) is 2. The Balaban J connectivity index is 1.51. The molecule has 0 spiro atoms. The predicted molar refractivity (Wildman–Crippen MR) is 142 cm³/mol. The first kappa shape index (κ1) is 22.3. The van der Waals surface area contributed by atoms with Gasteiger partial charge in [-0.15, -0.1) is 0 Å². The van der Waals surface area contributed by atoms with E-state index in [9.17, 15) is 9.59 Å². The number of aryl methyl sites for hydroxylation is 2. The SMILES string of the molecule is CC1=C(C(=O)Nc2ccc(C)cn2)[C@H](c2ccc3c(c2)c2ccccc2n3C)C2=C(CCCC2=O)N1. The lowest BCUT2D eigenvalue weighted by molar-refractivity contribution is -0.116. The monoisotopic (exact) mass is 476 g/mol. The summed E-state index contributed by atoms with van der Waals surface area (Å²) < 4.78 is 2.19. The predicted octanol–water partition coefficient (Wildman–Crippen LogP) is 5.64. The molecule has 36 heavy (non-hydrogen) atoms. The van der Waals surface area contributed by atoms with Crippen molar-refractivity contribution < 1.29 is 9.59 Å². The van der Waals surface area contributed by atoms with Crippen molar-refractivity contribution in [1.29, 1.82) is 0 Å². The quantitative estimate of drug-likeness (QED) is 0.401. The molecular weight excluding hydrogens is 448 g/mol. The smallest absolute Gasteiger partial charge is 0.255 e. The lowest BCUT2D eigenvalue weighted by Crippen LogP contribution is -2.35. The fraction of sp³-hybridized carbons (Fsp3) is 0.233. The topological polar surface area (TPSA) is 76.0 Å². The number of dihydropyridines is 1. The molecule has 6 heteroatoms. The minimum atomic E-state index is -0.442. The zero-order valence-electron chi connectivity index (χ0n) is 20.7. The van der Waals surface area contributed by atoms with Gasteiger partial charge in [0, 0.05) is 69.9 Å². The number of amides is 1. The number of fused-ring (bicyclic) bond motifs is 3. The van der Waals surface area contributed by atoms with Crippen LogP contribution in [0.3, 0.4) is 0 Å². The van der Waals surface area contributed by atoms with Crippen LogP contribution in [0.15, 0.2) is 83.3 Å². The van der Waals surface area contributed by atoms with Crippen LogP contribution in [0.2, 0.25) is 0 Å². The van der Waals surface area contributed by atoms with E-state index in [1.165, 1.54) is 0 Å². The molecule has 0 saturated heterocycles. The highest BCUT2D eigenvalue weighted by atomic mass is 16.2. The largest absolute Gasteiger partial charge is 0.362 e. The average molecular weight is 477 g/mol. The van der Waals surface area contributed by atoms with Crippen LogP contribution in [0.1, 0.15) is 43.2 Å². The number of rotatable bonds is 3. The van der Waals surface area contributed by atoms with Crippen molar-refractivity contribution in [1.82, 2.24) is 14.9 Å². The molecule has 1 atom stereocenters. The lowest BCUT2D eigenvalue weighted by Gasteiger charge is -2.34. The van der Waals surface area contributed by atoms with E-state index in [2.05, 4.69) is 57.6 Å². The molecule has 2 aliphatic rings. The second-order valence-electron chi connectivity index (χ2n) is 9.79. The van der Waals surface area contributed by atoms with E-state index in [0.717, 1.165) is 57.2 Å². The van der Waals surface area contributed by atoms with Crippen LogP contribution in [0.4, 0.5) is 5.82 Å². The maximum Gasteiger partial charge on any atom is 0.255 e. The number of allylic oxidation sites excluding steroid dienone is 3. The van der Waals surface area contributed by atoms with Gasteiger partial charge >= 0.3 is 0 Å². The highest BCUT2D eigenvalue weighted by Gasteiger charge is 2.38. The Bertz CT molecular complexity index is 1620. The summed E-state index contributed by atoms with van der Waals surface area (Å²) >= 11 is 0. The summed E-state index contributed by atoms with van der Waals surface area (Å²) in [4.78, 5) is 31.4. The van der Waals surface area contributed by atoms with Gasteiger partial charge in [-0.3, -0.25) is 9.59 Å². The van der Waals surface area contributed by atoms with E-state index in [4.69, 9.17) is 0 Å². The van der Waals surface area contributed by atoms with Crippen molar-refractivity contribution in [3.63, 3.8) is 0 Å². The molecule has 180 valence electrons. The minimum absolute atomic E-state index is 0.109. The van der Waals surface area contributed by atoms with E-state index in [-0.39, 0.29) is 11.7 Å². The summed E-state index contributed by atoms with van der Waals surface area (Å²) in [6.07, 6.45) is 3.86. The molecule has 3 heterocycles. The molecule has 0 radical (unpaired) electrons. The number of benzene rings is 2. The van der Waals surface area contributed by atoms with E-state index in [1.54, 1.807) is 12.3 Å². The highest BCUT2D eigenvalue weighted by molar-refractivity contribution is 6.11. The van der Waals surface area contributed by atoms with Gasteiger partial charge in [-0.2, -0.15) is 0 Å². The molecule has 4 aromatic rings. The maximum atomic E-state index is 13.7. The number of Topliss-reactive ketones (excluding diaryl/α,β-unsaturated/α-hetero) is 1. The Morgan fingerprint density at radius 3 is 2.64 bits per heavy atom. The minimum Gasteiger partial charge on any atom is -0.362 e. The number of aromatic nitrogens is 2. The van der Waals surface area contributed by atoms with Crippen molar-refractivity contribution >= 4 is 39.3 Å². The van der Waals surface area contributed by atoms with E-state index >= 15 is 0 Å². The maximum absolute atomic E-state index is 13.7. The summed E-state index contributed by atoms with van der Waals surface area (Å²) in [5.41, 5.74) is 7.23. The van der Waals surface area contributed by atoms with Crippen molar-refractivity contribution in [2.24, 2.45) is 7.05 Å². The molecule has 0 saturated carbocycles. The summed E-state index contributed by atoms with van der Waals surface area (Å²) in [6.45, 7) is 3.88. The second kappa shape index (κ2) is 8.48. The molecule has 0 bridgehead atoms. The first-order valence-electron chi connectivity index (χ1n) is 12.4. The molecule has 1 amide bonds. The van der Waals surface area contributed by atoms with Crippen LogP contribution in [-0.2, 0) is 16.6 Å². The molecule has 1 aliphatic heterocycles. The van der Waals surface area contributed by atoms with Crippen molar-refractivity contribution in [3.8, 4) is 0 Å². The van der Waals surface area contributed by atoms with Crippen molar-refractivity contribution in [2.45, 2.75) is 39.0 Å². The molecule has 2 aromatic heterocycles. The number of carbonyl (C=O) groups excluding carboxylic acids is 2. The number of anilines is 1. The van der Waals surface area contributed by atoms with Crippen LogP contribution in [0, 0.1) is 6.92 Å². The van der Waals surface area contributed by atoms with Crippen LogP contribution in [0.5, 0.6) is 0 Å². The molecule has 6 nitrogen and oxygen atoms in total. The van der Waals surface area contributed by atoms with E-state index in [1.807, 2.05) is 32.0 Å². The Kier molecular flexibility index (Phi) is 5.25. The molecule has 2 aromatic carbocycles. The molecule has 1 aliphatic carbocycles. The third-order valence-corrected chi connectivity index (χ3v) is 7.44. The molecule has 6 rings (SSSR count). The summed E-state index contributed by atoms with van der Waals surface area (Å²) in [6, 6.07) is 18.4. The number of ketones is 1. The lowest BCUT2D eigenvalue weighted by atomic mass is 9.75. The normalized spacial score (nSPS) is 18.0. The van der Waals surface area contributed by atoms with Gasteiger partial charge in [0.2, 0.25) is 0 Å². The van der Waals surface area contributed by atoms with Crippen LogP contribution >= 0.6 is 0 Å². The molecular formula is C30H28N4O2. The average Bonchev–Trinajstić information content (AvgIpc) is 3.16. The van der Waals surface area contributed by atoms with Gasteiger partial charge < -0.3 is 15.2 Å². The third-order valence-electron chi connectivity index (χ3n) is 7.44. The van der Waals surface area contributed by atoms with Crippen LogP contribution < -0.4 is 10.6 Å². The molecule has 0 unspecified atom stereocenters. The Hall–Kier alpha value is -4.19. The number of carbonyl (C=O) groups is 2. The van der Waals surface area contributed by atoms with Gasteiger partial charge in [-0.1, -0.05) is 30.3 Å². The Morgan fingerprint density at radius 2 is 1.83 bits per heavy atom. The third kappa shape index (κ3) is 3.52. The van der Waals surface area contributed by atoms with Gasteiger partial charge in [0.05, 0.1) is 0 Å². The van der Waals surface area contributed by atoms with Crippen LogP contribution in [-0.4, -0.2) is 21.2 Å². The zero-order valence-corrected chi connectivity index (χ0v) is 20.7. The van der Waals surface area contributed by atoms with Gasteiger partial charge in [0.1, 0.15) is 5.82 Å². The number of hydrogen-bond acceptors (Lipinski definition) is 4. The second-order valence-corrected chi connectivity index (χ2v) is 9.79. The number of hydrogen-bond donors (Lipinski definition) is 2. The zero-order chi connectivity index (χ0) is 25.0. The van der Waals surface area contributed by atoms with Crippen LogP contribution in [0.25, 0.3) is 21.8 Å². The Morgan fingerprint density at radius 1 is 1.03 bits per heavy atom. The summed E-state index contributed by atoms with van der Waals surface area (Å²) in [5.74, 6) is -0.0888. The number of para-hydroxylation sites is 1. The first-order chi connectivity index (χ1) is 17.4. The molecule has 0 fully saturated rings. The van der Waals surface area contributed by atoms with Gasteiger partial charge in [-0.05, 0) is 62.1 Å². The van der Waals surface area contributed by atoms with E-state index < -0.39 is 5.92 Å². The highest BCUT2D eigenvalue weighted by Crippen LogP contribution is 2.43. The first-order valence-corrected chi connectivity index (χ1v) is 12.4. The van der Waals surface area contributed by atoms with E-state index in [0.29, 0.717) is 23.4 Å². The summed E-state index contributed by atoms with van der Waals surface area (Å²) in [5, 5.41) is 8.64. The fourth-order valence-corrected chi connectivity index (χ4v) is 5.71. The van der Waals surface area contributed by atoms with Crippen molar-refractivity contribution in [3.05, 3.63) is 94.5 Å². The number of pyridine rings is 1. The fourth-order valence-electron chi connectivity index (χ4n) is 5.71. The molecule has 2 N–H and O–H groups in total. The Labute approximate surface area is 209 Å². The van der Waals surface area contributed by atoms with Gasteiger partial charge in [0.15, 0.2) is 5.78 Å². The van der Waals surface area contributed by atoms with Crippen molar-refractivity contribution in [2.75, 3.05) is 5.32 Å². The van der Waals surface area contributed by atoms with Gasteiger partial charge in [-0.25, -0.2) is 4.98 Å².